The normalized spacial score (nSPS) is 11.0. The Kier molecular flexibility index (Phi) is 3.37. The van der Waals surface area contributed by atoms with E-state index in [0.29, 0.717) is 17.1 Å². The van der Waals surface area contributed by atoms with E-state index in [9.17, 15) is 5.11 Å². The third-order valence-electron chi connectivity index (χ3n) is 3.64. The minimum absolute atomic E-state index is 0.0689. The number of phenolic OH excluding ortho intramolecular Hbond substituents is 1. The lowest BCUT2D eigenvalue weighted by Crippen LogP contribution is -1.89. The zero-order valence-electron chi connectivity index (χ0n) is 12.0. The molecule has 0 spiro atoms. The number of hydrogen-bond donors (Lipinski definition) is 2. The van der Waals surface area contributed by atoms with E-state index in [1.807, 2.05) is 12.1 Å². The molecule has 2 aromatic carbocycles. The summed E-state index contributed by atoms with van der Waals surface area (Å²) in [6, 6.07) is 7.64. The van der Waals surface area contributed by atoms with Crippen LogP contribution in [0, 0.1) is 13.8 Å². The maximum absolute atomic E-state index is 10.3. The number of rotatable bonds is 2. The number of aromatic amines is 1. The standard InChI is InChI=1S/C16H15BrN2O2/c1-8-6-11-12(7-9(8)2)19-16(18-11)14-10(17)4-5-13(21-3)15(14)20/h4-7,20H,1-3H3,(H,18,19). The lowest BCUT2D eigenvalue weighted by molar-refractivity contribution is 0.374. The summed E-state index contributed by atoms with van der Waals surface area (Å²) in [6.45, 7) is 4.12. The summed E-state index contributed by atoms with van der Waals surface area (Å²) in [6.07, 6.45) is 0. The zero-order chi connectivity index (χ0) is 15.1. The molecule has 0 atom stereocenters. The number of aromatic nitrogens is 2. The summed E-state index contributed by atoms with van der Waals surface area (Å²) in [7, 11) is 1.53. The number of H-pyrrole nitrogens is 1. The molecule has 0 bridgehead atoms. The number of methoxy groups -OCH3 is 1. The van der Waals surface area contributed by atoms with Gasteiger partial charge in [0.1, 0.15) is 5.82 Å². The smallest absolute Gasteiger partial charge is 0.169 e. The van der Waals surface area contributed by atoms with E-state index < -0.39 is 0 Å². The molecule has 3 rings (SSSR count). The van der Waals surface area contributed by atoms with Gasteiger partial charge in [0.2, 0.25) is 0 Å². The maximum atomic E-state index is 10.3. The van der Waals surface area contributed by atoms with Gasteiger partial charge in [0.25, 0.3) is 0 Å². The van der Waals surface area contributed by atoms with Gasteiger partial charge in [-0.15, -0.1) is 0 Å². The van der Waals surface area contributed by atoms with Gasteiger partial charge in [0, 0.05) is 4.47 Å². The number of halogens is 1. The summed E-state index contributed by atoms with van der Waals surface area (Å²) in [5.41, 5.74) is 4.81. The maximum Gasteiger partial charge on any atom is 0.169 e. The fourth-order valence-corrected chi connectivity index (χ4v) is 2.83. The fourth-order valence-electron chi connectivity index (χ4n) is 2.33. The Hall–Kier alpha value is -2.01. The summed E-state index contributed by atoms with van der Waals surface area (Å²) in [5.74, 6) is 1.10. The van der Waals surface area contributed by atoms with Gasteiger partial charge in [-0.1, -0.05) is 0 Å². The topological polar surface area (TPSA) is 58.1 Å². The minimum Gasteiger partial charge on any atom is -0.504 e. The first-order valence-corrected chi connectivity index (χ1v) is 7.33. The van der Waals surface area contributed by atoms with Crippen LogP contribution in [0.25, 0.3) is 22.4 Å². The molecule has 0 unspecified atom stereocenters. The molecule has 1 heterocycles. The minimum atomic E-state index is 0.0689. The van der Waals surface area contributed by atoms with E-state index in [-0.39, 0.29) is 5.75 Å². The first kappa shape index (κ1) is 13.9. The second-order valence-corrected chi connectivity index (χ2v) is 5.87. The Balaban J connectivity index is 2.26. The number of hydrogen-bond acceptors (Lipinski definition) is 3. The monoisotopic (exact) mass is 346 g/mol. The second-order valence-electron chi connectivity index (χ2n) is 5.01. The van der Waals surface area contributed by atoms with Gasteiger partial charge in [0.05, 0.1) is 23.7 Å². The molecule has 5 heteroatoms. The lowest BCUT2D eigenvalue weighted by Gasteiger charge is -2.08. The van der Waals surface area contributed by atoms with Crippen LogP contribution < -0.4 is 4.74 Å². The first-order chi connectivity index (χ1) is 10.0. The van der Waals surface area contributed by atoms with Gasteiger partial charge in [-0.25, -0.2) is 4.98 Å². The van der Waals surface area contributed by atoms with Crippen molar-refractivity contribution in [2.45, 2.75) is 13.8 Å². The lowest BCUT2D eigenvalue weighted by atomic mass is 10.1. The van der Waals surface area contributed by atoms with Gasteiger partial charge in [0.15, 0.2) is 11.5 Å². The summed E-state index contributed by atoms with van der Waals surface area (Å²) in [5, 5.41) is 10.3. The highest BCUT2D eigenvalue weighted by atomic mass is 79.9. The molecule has 21 heavy (non-hydrogen) atoms. The number of fused-ring (bicyclic) bond motifs is 1. The van der Waals surface area contributed by atoms with Crippen molar-refractivity contribution < 1.29 is 9.84 Å². The number of nitrogens with zero attached hydrogens (tertiary/aromatic N) is 1. The average Bonchev–Trinajstić information content (AvgIpc) is 2.82. The number of nitrogens with one attached hydrogen (secondary N) is 1. The van der Waals surface area contributed by atoms with Gasteiger partial charge >= 0.3 is 0 Å². The Labute approximate surface area is 130 Å². The quantitative estimate of drug-likeness (QED) is 0.726. The molecule has 2 N–H and O–H groups in total. The molecule has 3 aromatic rings. The van der Waals surface area contributed by atoms with Crippen LogP contribution in [0.3, 0.4) is 0 Å². The molecule has 0 aliphatic carbocycles. The highest BCUT2D eigenvalue weighted by Gasteiger charge is 2.17. The number of ether oxygens (including phenoxy) is 1. The van der Waals surface area contributed by atoms with E-state index in [1.165, 1.54) is 18.2 Å². The van der Waals surface area contributed by atoms with Gasteiger partial charge in [-0.2, -0.15) is 0 Å². The van der Waals surface area contributed by atoms with E-state index in [2.05, 4.69) is 45.8 Å². The Morgan fingerprint density at radius 1 is 1.19 bits per heavy atom. The van der Waals surface area contributed by atoms with E-state index in [4.69, 9.17) is 4.74 Å². The molecule has 0 saturated carbocycles. The Morgan fingerprint density at radius 2 is 1.90 bits per heavy atom. The van der Waals surface area contributed by atoms with Crippen LogP contribution in [0.4, 0.5) is 0 Å². The average molecular weight is 347 g/mol. The first-order valence-electron chi connectivity index (χ1n) is 6.54. The molecule has 0 radical (unpaired) electrons. The van der Waals surface area contributed by atoms with Crippen molar-refractivity contribution in [3.05, 3.63) is 39.9 Å². The number of phenols is 1. The van der Waals surface area contributed by atoms with Crippen molar-refractivity contribution in [3.8, 4) is 22.9 Å². The molecule has 0 fully saturated rings. The van der Waals surface area contributed by atoms with Crippen LogP contribution in [0.2, 0.25) is 0 Å². The number of aromatic hydroxyl groups is 1. The van der Waals surface area contributed by atoms with E-state index in [0.717, 1.165) is 15.5 Å². The van der Waals surface area contributed by atoms with Crippen LogP contribution in [-0.4, -0.2) is 22.2 Å². The van der Waals surface area contributed by atoms with E-state index in [1.54, 1.807) is 6.07 Å². The van der Waals surface area contributed by atoms with Crippen LogP contribution >= 0.6 is 15.9 Å². The largest absolute Gasteiger partial charge is 0.504 e. The van der Waals surface area contributed by atoms with E-state index >= 15 is 0 Å². The van der Waals surface area contributed by atoms with Gasteiger partial charge < -0.3 is 14.8 Å². The summed E-state index contributed by atoms with van der Waals surface area (Å²) < 4.78 is 5.92. The third kappa shape index (κ3) is 2.27. The number of benzene rings is 2. The van der Waals surface area contributed by atoms with Gasteiger partial charge in [-0.05, 0) is 65.2 Å². The zero-order valence-corrected chi connectivity index (χ0v) is 13.6. The summed E-state index contributed by atoms with van der Waals surface area (Å²) >= 11 is 3.46. The molecule has 108 valence electrons. The molecule has 0 saturated heterocycles. The van der Waals surface area contributed by atoms with Crippen LogP contribution in [-0.2, 0) is 0 Å². The van der Waals surface area contributed by atoms with Crippen molar-refractivity contribution in [1.82, 2.24) is 9.97 Å². The Bertz CT molecular complexity index is 801. The highest BCUT2D eigenvalue weighted by molar-refractivity contribution is 9.10. The summed E-state index contributed by atoms with van der Waals surface area (Å²) in [4.78, 5) is 7.84. The van der Waals surface area contributed by atoms with Crippen molar-refractivity contribution in [2.75, 3.05) is 7.11 Å². The van der Waals surface area contributed by atoms with Crippen LogP contribution in [0.5, 0.6) is 11.5 Å². The molecular formula is C16H15BrN2O2. The predicted octanol–water partition coefficient (Wildman–Crippen LogP) is 4.32. The van der Waals surface area contributed by atoms with Crippen molar-refractivity contribution in [1.29, 1.82) is 0 Å². The number of imidazole rings is 1. The van der Waals surface area contributed by atoms with Crippen molar-refractivity contribution >= 4 is 27.0 Å². The molecular weight excluding hydrogens is 332 g/mol. The SMILES string of the molecule is COc1ccc(Br)c(-c2nc3cc(C)c(C)cc3[nH]2)c1O. The van der Waals surface area contributed by atoms with Gasteiger partial charge in [-0.3, -0.25) is 0 Å². The van der Waals surface area contributed by atoms with Crippen LogP contribution in [0.15, 0.2) is 28.7 Å². The highest BCUT2D eigenvalue weighted by Crippen LogP contribution is 2.41. The third-order valence-corrected chi connectivity index (χ3v) is 4.30. The molecule has 0 amide bonds. The molecule has 4 nitrogen and oxygen atoms in total. The van der Waals surface area contributed by atoms with Crippen molar-refractivity contribution in [3.63, 3.8) is 0 Å². The Morgan fingerprint density at radius 3 is 2.62 bits per heavy atom. The molecule has 0 aliphatic rings. The molecule has 1 aromatic heterocycles. The van der Waals surface area contributed by atoms with Crippen LogP contribution in [0.1, 0.15) is 11.1 Å². The second kappa shape index (κ2) is 5.07. The number of aryl methyl sites for hydroxylation is 2. The molecule has 0 aliphatic heterocycles. The predicted molar refractivity (Wildman–Crippen MR) is 86.9 cm³/mol. The fraction of sp³-hybridized carbons (Fsp3) is 0.188. The van der Waals surface area contributed by atoms with Crippen molar-refractivity contribution in [2.24, 2.45) is 0 Å².